The SMILES string of the molecule is CC(C)=CC1C(C(=O)NC(C)CC(=O)Nc2cccc(N3CCCC3)c2)C1(C)C. The average molecular weight is 398 g/mol. The summed E-state index contributed by atoms with van der Waals surface area (Å²) in [6.45, 7) is 12.4. The van der Waals surface area contributed by atoms with Crippen molar-refractivity contribution < 1.29 is 9.59 Å². The fourth-order valence-electron chi connectivity index (χ4n) is 4.48. The zero-order valence-corrected chi connectivity index (χ0v) is 18.4. The molecule has 2 amide bonds. The Morgan fingerprint density at radius 3 is 2.59 bits per heavy atom. The van der Waals surface area contributed by atoms with Crippen molar-refractivity contribution >= 4 is 23.2 Å². The molecule has 1 aromatic carbocycles. The molecule has 2 aliphatic rings. The molecule has 1 aliphatic carbocycles. The smallest absolute Gasteiger partial charge is 0.226 e. The molecule has 1 aromatic rings. The molecular formula is C24H35N3O2. The van der Waals surface area contributed by atoms with Crippen molar-refractivity contribution in [3.8, 4) is 0 Å². The Balaban J connectivity index is 1.50. The third-order valence-corrected chi connectivity index (χ3v) is 6.19. The second-order valence-corrected chi connectivity index (χ2v) is 9.48. The van der Waals surface area contributed by atoms with Gasteiger partial charge in [0.2, 0.25) is 11.8 Å². The number of amides is 2. The van der Waals surface area contributed by atoms with Crippen LogP contribution in [0.3, 0.4) is 0 Å². The minimum atomic E-state index is -0.201. The lowest BCUT2D eigenvalue weighted by Crippen LogP contribution is -2.37. The number of allylic oxidation sites excluding steroid dienone is 2. The number of carbonyl (C=O) groups is 2. The standard InChI is InChI=1S/C24H35N3O2/c1-16(2)13-20-22(24(20,4)5)23(29)25-17(3)14-21(28)26-18-9-8-10-19(15-18)27-11-6-7-12-27/h8-10,13,15,17,20,22H,6-7,11-12,14H2,1-5H3,(H,25,29)(H,26,28). The molecule has 0 radical (unpaired) electrons. The first-order valence-corrected chi connectivity index (χ1v) is 10.8. The highest BCUT2D eigenvalue weighted by Crippen LogP contribution is 2.59. The van der Waals surface area contributed by atoms with E-state index in [2.05, 4.69) is 55.4 Å². The van der Waals surface area contributed by atoms with Crippen LogP contribution in [-0.4, -0.2) is 30.9 Å². The Kier molecular flexibility index (Phi) is 6.35. The van der Waals surface area contributed by atoms with E-state index in [0.29, 0.717) is 0 Å². The first-order valence-electron chi connectivity index (χ1n) is 10.8. The molecule has 5 heteroatoms. The van der Waals surface area contributed by atoms with E-state index < -0.39 is 0 Å². The molecule has 0 aromatic heterocycles. The highest BCUT2D eigenvalue weighted by molar-refractivity contribution is 5.92. The Morgan fingerprint density at radius 1 is 1.24 bits per heavy atom. The fraction of sp³-hybridized carbons (Fsp3) is 0.583. The molecule has 2 fully saturated rings. The maximum Gasteiger partial charge on any atom is 0.226 e. The predicted octanol–water partition coefficient (Wildman–Crippen LogP) is 4.36. The molecule has 3 rings (SSSR count). The molecule has 1 heterocycles. The van der Waals surface area contributed by atoms with Crippen LogP contribution in [0.25, 0.3) is 0 Å². The van der Waals surface area contributed by atoms with Gasteiger partial charge in [-0.3, -0.25) is 9.59 Å². The van der Waals surface area contributed by atoms with Crippen molar-refractivity contribution in [3.05, 3.63) is 35.9 Å². The first-order chi connectivity index (χ1) is 13.7. The van der Waals surface area contributed by atoms with E-state index in [1.807, 2.05) is 25.1 Å². The third-order valence-electron chi connectivity index (χ3n) is 6.19. The van der Waals surface area contributed by atoms with Crippen LogP contribution in [0.1, 0.15) is 53.9 Å². The van der Waals surface area contributed by atoms with Crippen molar-refractivity contribution in [1.82, 2.24) is 5.32 Å². The summed E-state index contributed by atoms with van der Waals surface area (Å²) in [5, 5.41) is 6.02. The minimum absolute atomic E-state index is 0.0138. The van der Waals surface area contributed by atoms with Gasteiger partial charge in [-0.15, -0.1) is 0 Å². The quantitative estimate of drug-likeness (QED) is 0.672. The maximum absolute atomic E-state index is 12.7. The molecule has 1 aliphatic heterocycles. The van der Waals surface area contributed by atoms with E-state index in [1.54, 1.807) is 0 Å². The molecular weight excluding hydrogens is 362 g/mol. The van der Waals surface area contributed by atoms with Crippen molar-refractivity contribution in [2.75, 3.05) is 23.3 Å². The number of nitrogens with zero attached hydrogens (tertiary/aromatic N) is 1. The van der Waals surface area contributed by atoms with Gasteiger partial charge in [-0.25, -0.2) is 0 Å². The maximum atomic E-state index is 12.7. The van der Waals surface area contributed by atoms with Crippen LogP contribution in [0.2, 0.25) is 0 Å². The average Bonchev–Trinajstić information content (AvgIpc) is 3.00. The largest absolute Gasteiger partial charge is 0.371 e. The number of carbonyl (C=O) groups excluding carboxylic acids is 2. The highest BCUT2D eigenvalue weighted by Gasteiger charge is 2.60. The van der Waals surface area contributed by atoms with E-state index >= 15 is 0 Å². The molecule has 3 atom stereocenters. The van der Waals surface area contributed by atoms with Gasteiger partial charge in [0.05, 0.1) is 5.92 Å². The lowest BCUT2D eigenvalue weighted by atomic mass is 10.1. The Hall–Kier alpha value is -2.30. The van der Waals surface area contributed by atoms with Crippen LogP contribution in [-0.2, 0) is 9.59 Å². The number of rotatable bonds is 7. The monoisotopic (exact) mass is 397 g/mol. The van der Waals surface area contributed by atoms with Gasteiger partial charge in [0.25, 0.3) is 0 Å². The van der Waals surface area contributed by atoms with Gasteiger partial charge in [-0.1, -0.05) is 31.6 Å². The van der Waals surface area contributed by atoms with E-state index in [0.717, 1.165) is 24.5 Å². The molecule has 0 spiro atoms. The molecule has 3 unspecified atom stereocenters. The lowest BCUT2D eigenvalue weighted by Gasteiger charge is -2.19. The van der Waals surface area contributed by atoms with Crippen LogP contribution in [0.5, 0.6) is 0 Å². The Morgan fingerprint density at radius 2 is 1.93 bits per heavy atom. The molecule has 158 valence electrons. The summed E-state index contributed by atoms with van der Waals surface area (Å²) >= 11 is 0. The summed E-state index contributed by atoms with van der Waals surface area (Å²) < 4.78 is 0. The zero-order valence-electron chi connectivity index (χ0n) is 18.4. The second kappa shape index (κ2) is 8.60. The van der Waals surface area contributed by atoms with Gasteiger partial charge in [-0.2, -0.15) is 0 Å². The fourth-order valence-corrected chi connectivity index (χ4v) is 4.48. The van der Waals surface area contributed by atoms with Gasteiger partial charge < -0.3 is 15.5 Å². The van der Waals surface area contributed by atoms with Gasteiger partial charge in [0, 0.05) is 36.9 Å². The highest BCUT2D eigenvalue weighted by atomic mass is 16.2. The van der Waals surface area contributed by atoms with Crippen molar-refractivity contribution in [1.29, 1.82) is 0 Å². The van der Waals surface area contributed by atoms with E-state index in [9.17, 15) is 9.59 Å². The summed E-state index contributed by atoms with van der Waals surface area (Å²) in [5.41, 5.74) is 3.19. The lowest BCUT2D eigenvalue weighted by molar-refractivity contribution is -0.124. The van der Waals surface area contributed by atoms with Crippen molar-refractivity contribution in [3.63, 3.8) is 0 Å². The molecule has 2 N–H and O–H groups in total. The van der Waals surface area contributed by atoms with Gasteiger partial charge in [-0.05, 0) is 63.1 Å². The number of hydrogen-bond donors (Lipinski definition) is 2. The number of benzene rings is 1. The minimum Gasteiger partial charge on any atom is -0.371 e. The van der Waals surface area contributed by atoms with Gasteiger partial charge in [0.15, 0.2) is 0 Å². The third kappa shape index (κ3) is 5.20. The normalized spacial score (nSPS) is 23.3. The van der Waals surface area contributed by atoms with Gasteiger partial charge in [0.1, 0.15) is 0 Å². The van der Waals surface area contributed by atoms with Crippen LogP contribution >= 0.6 is 0 Å². The number of hydrogen-bond acceptors (Lipinski definition) is 3. The Labute approximate surface area is 174 Å². The molecule has 0 bridgehead atoms. The second-order valence-electron chi connectivity index (χ2n) is 9.48. The summed E-state index contributed by atoms with van der Waals surface area (Å²) in [7, 11) is 0. The summed E-state index contributed by atoms with van der Waals surface area (Å²) in [5.74, 6) is 0.239. The molecule has 5 nitrogen and oxygen atoms in total. The molecule has 1 saturated heterocycles. The molecule has 29 heavy (non-hydrogen) atoms. The predicted molar refractivity (Wildman–Crippen MR) is 119 cm³/mol. The van der Waals surface area contributed by atoms with Crippen LogP contribution in [0.4, 0.5) is 11.4 Å². The van der Waals surface area contributed by atoms with Crippen LogP contribution in [0.15, 0.2) is 35.9 Å². The van der Waals surface area contributed by atoms with E-state index in [4.69, 9.17) is 0 Å². The summed E-state index contributed by atoms with van der Waals surface area (Å²) in [4.78, 5) is 27.5. The summed E-state index contributed by atoms with van der Waals surface area (Å²) in [6.07, 6.45) is 4.90. The number of anilines is 2. The van der Waals surface area contributed by atoms with Gasteiger partial charge >= 0.3 is 0 Å². The first kappa shape index (κ1) is 21.4. The summed E-state index contributed by atoms with van der Waals surface area (Å²) in [6, 6.07) is 7.81. The topological polar surface area (TPSA) is 61.4 Å². The number of nitrogens with one attached hydrogen (secondary N) is 2. The van der Waals surface area contributed by atoms with Crippen LogP contribution in [0, 0.1) is 17.3 Å². The zero-order chi connectivity index (χ0) is 21.2. The van der Waals surface area contributed by atoms with Crippen LogP contribution < -0.4 is 15.5 Å². The van der Waals surface area contributed by atoms with Crippen molar-refractivity contribution in [2.24, 2.45) is 17.3 Å². The van der Waals surface area contributed by atoms with E-state index in [-0.39, 0.29) is 41.5 Å². The Bertz CT molecular complexity index is 789. The molecule has 1 saturated carbocycles. The van der Waals surface area contributed by atoms with Crippen molar-refractivity contribution in [2.45, 2.75) is 59.9 Å². The van der Waals surface area contributed by atoms with E-state index in [1.165, 1.54) is 18.4 Å².